The van der Waals surface area contributed by atoms with Gasteiger partial charge >= 0.3 is 6.18 Å². The van der Waals surface area contributed by atoms with Crippen molar-refractivity contribution in [2.45, 2.75) is 109 Å². The number of carbonyl (C=O) groups excluding carboxylic acids is 4. The third-order valence-corrected chi connectivity index (χ3v) is 9.13. The van der Waals surface area contributed by atoms with E-state index in [1.54, 1.807) is 20.8 Å². The highest BCUT2D eigenvalue weighted by Gasteiger charge is 2.54. The van der Waals surface area contributed by atoms with Gasteiger partial charge in [0.2, 0.25) is 23.5 Å². The summed E-state index contributed by atoms with van der Waals surface area (Å²) in [6.07, 6.45) is 0.411. The molecule has 2 saturated heterocycles. The van der Waals surface area contributed by atoms with E-state index in [4.69, 9.17) is 0 Å². The number of Topliss-reactive ketones (excluding diaryl/α,β-unsaturated/α-hetero) is 1. The number of carbonyl (C=O) groups is 4. The van der Waals surface area contributed by atoms with E-state index in [9.17, 15) is 37.6 Å². The van der Waals surface area contributed by atoms with Gasteiger partial charge in [-0.05, 0) is 62.2 Å². The van der Waals surface area contributed by atoms with Gasteiger partial charge in [-0.3, -0.25) is 19.2 Å². The summed E-state index contributed by atoms with van der Waals surface area (Å²) in [6.45, 7) is 5.06. The summed E-state index contributed by atoms with van der Waals surface area (Å²) in [6, 6.07) is 0.175. The fraction of sp³-hybridized carbons (Fsp3) is 0.815. The second kappa shape index (κ2) is 9.83. The number of hydrogen-bond donors (Lipinski definition) is 2. The molecule has 2 aliphatic heterocycles. The number of nitrogens with one attached hydrogen (secondary N) is 2. The van der Waals surface area contributed by atoms with Crippen molar-refractivity contribution in [2.24, 2.45) is 22.7 Å². The average molecular weight is 539 g/mol. The van der Waals surface area contributed by atoms with Crippen LogP contribution in [-0.2, 0) is 19.2 Å². The molecule has 0 bridgehead atoms. The lowest BCUT2D eigenvalue weighted by Gasteiger charge is -2.39. The molecule has 0 aromatic carbocycles. The van der Waals surface area contributed by atoms with Gasteiger partial charge in [0.25, 0.3) is 0 Å². The first-order chi connectivity index (χ1) is 17.6. The summed E-state index contributed by atoms with van der Waals surface area (Å²) in [5.41, 5.74) is -1.31. The number of piperidine rings is 1. The van der Waals surface area contributed by atoms with Crippen molar-refractivity contribution in [3.63, 3.8) is 0 Å². The number of alkyl halides is 3. The van der Waals surface area contributed by atoms with Crippen LogP contribution in [0, 0.1) is 34.0 Å². The minimum atomic E-state index is -5.05. The molecule has 8 nitrogen and oxygen atoms in total. The molecule has 2 saturated carbocycles. The number of nitrogens with zero attached hydrogens (tertiary/aromatic N) is 2. The number of halogens is 3. The molecule has 2 N–H and O–H groups in total. The average Bonchev–Trinajstić information content (AvgIpc) is 3.39. The fourth-order valence-corrected chi connectivity index (χ4v) is 6.28. The lowest BCUT2D eigenvalue weighted by molar-refractivity contribution is -0.174. The van der Waals surface area contributed by atoms with Gasteiger partial charge < -0.3 is 15.5 Å². The Labute approximate surface area is 221 Å². The zero-order chi connectivity index (χ0) is 28.1. The van der Waals surface area contributed by atoms with E-state index in [-0.39, 0.29) is 29.8 Å². The fourth-order valence-electron chi connectivity index (χ4n) is 6.28. The van der Waals surface area contributed by atoms with Crippen molar-refractivity contribution in [1.82, 2.24) is 15.5 Å². The molecule has 4 aliphatic rings. The van der Waals surface area contributed by atoms with Crippen LogP contribution in [0.3, 0.4) is 0 Å². The Morgan fingerprint density at radius 2 is 1.82 bits per heavy atom. The normalized spacial score (nSPS) is 27.2. The van der Waals surface area contributed by atoms with E-state index in [0.717, 1.165) is 38.5 Å². The van der Waals surface area contributed by atoms with E-state index in [1.807, 2.05) is 0 Å². The molecule has 4 fully saturated rings. The molecule has 2 aliphatic carbocycles. The van der Waals surface area contributed by atoms with Crippen LogP contribution in [0.2, 0.25) is 0 Å². The standard InChI is InChI=1S/C27H37F3N4O4/c1-24(2,3)18(12-20(35)27(28,29)30)23(38)34-15-25(6-4-7-25)13-19(34)22(37)32-17(14-31)11-16-5-8-26(9-10-26)33-21(16)36/h16-19H,4-13,15H2,1-3H3,(H,32,37)(H,33,36)/t16-,17-,18+,19-/m0/s1. The molecule has 2 spiro atoms. The van der Waals surface area contributed by atoms with Gasteiger partial charge in [-0.1, -0.05) is 27.2 Å². The summed E-state index contributed by atoms with van der Waals surface area (Å²) in [5.74, 6) is -4.92. The van der Waals surface area contributed by atoms with Crippen molar-refractivity contribution in [1.29, 1.82) is 5.26 Å². The maximum Gasteiger partial charge on any atom is 0.449 e. The summed E-state index contributed by atoms with van der Waals surface area (Å²) in [4.78, 5) is 52.9. The molecule has 0 aromatic rings. The van der Waals surface area contributed by atoms with E-state index >= 15 is 0 Å². The Morgan fingerprint density at radius 3 is 2.29 bits per heavy atom. The molecule has 0 unspecified atom stereocenters. The third-order valence-electron chi connectivity index (χ3n) is 9.13. The quantitative estimate of drug-likeness (QED) is 0.515. The molecule has 0 aromatic heterocycles. The molecular weight excluding hydrogens is 501 g/mol. The first kappa shape index (κ1) is 28.4. The first-order valence-corrected chi connectivity index (χ1v) is 13.5. The lowest BCUT2D eigenvalue weighted by atomic mass is 9.67. The third kappa shape index (κ3) is 5.84. The zero-order valence-corrected chi connectivity index (χ0v) is 22.2. The van der Waals surface area contributed by atoms with E-state index < -0.39 is 59.5 Å². The van der Waals surface area contributed by atoms with Gasteiger partial charge in [0.05, 0.1) is 12.0 Å². The maximum absolute atomic E-state index is 13.7. The van der Waals surface area contributed by atoms with E-state index in [2.05, 4.69) is 16.7 Å². The van der Waals surface area contributed by atoms with Gasteiger partial charge in [-0.2, -0.15) is 18.4 Å². The van der Waals surface area contributed by atoms with Crippen LogP contribution in [0.4, 0.5) is 13.2 Å². The molecule has 4 atom stereocenters. The largest absolute Gasteiger partial charge is 0.449 e. The highest BCUT2D eigenvalue weighted by Crippen LogP contribution is 2.51. The highest BCUT2D eigenvalue weighted by atomic mass is 19.4. The van der Waals surface area contributed by atoms with Crippen molar-refractivity contribution in [3.05, 3.63) is 0 Å². The number of likely N-dealkylation sites (tertiary alicyclic amines) is 1. The van der Waals surface area contributed by atoms with E-state index in [1.165, 1.54) is 4.90 Å². The lowest BCUT2D eigenvalue weighted by Crippen LogP contribution is -2.53. The number of ketones is 1. The van der Waals surface area contributed by atoms with Crippen LogP contribution >= 0.6 is 0 Å². The second-order valence-electron chi connectivity index (χ2n) is 13.0. The van der Waals surface area contributed by atoms with Gasteiger partial charge in [-0.25, -0.2) is 0 Å². The molecule has 38 heavy (non-hydrogen) atoms. The SMILES string of the molecule is CC(C)(C)[C@H](CC(=O)C(F)(F)F)C(=O)N1CC2(CCC2)C[C@H]1C(=O)N[C@H](C#N)C[C@@H]1CCC2(CC2)NC1=O. The minimum absolute atomic E-state index is 0.0855. The minimum Gasteiger partial charge on any atom is -0.350 e. The monoisotopic (exact) mass is 538 g/mol. The Hall–Kier alpha value is -2.64. The molecule has 3 amide bonds. The molecule has 11 heteroatoms. The highest BCUT2D eigenvalue weighted by molar-refractivity contribution is 5.93. The van der Waals surface area contributed by atoms with Crippen LogP contribution in [0.1, 0.15) is 85.0 Å². The van der Waals surface area contributed by atoms with Crippen LogP contribution in [0.15, 0.2) is 0 Å². The van der Waals surface area contributed by atoms with Crippen LogP contribution in [0.5, 0.6) is 0 Å². The van der Waals surface area contributed by atoms with Crippen LogP contribution in [-0.4, -0.2) is 58.7 Å². The summed E-state index contributed by atoms with van der Waals surface area (Å²) in [5, 5.41) is 15.5. The number of nitriles is 1. The van der Waals surface area contributed by atoms with Crippen LogP contribution < -0.4 is 10.6 Å². The molecule has 210 valence electrons. The second-order valence-corrected chi connectivity index (χ2v) is 13.0. The van der Waals surface area contributed by atoms with E-state index in [0.29, 0.717) is 12.8 Å². The first-order valence-electron chi connectivity index (χ1n) is 13.5. The zero-order valence-electron chi connectivity index (χ0n) is 22.2. The Bertz CT molecular complexity index is 1040. The van der Waals surface area contributed by atoms with Crippen molar-refractivity contribution >= 4 is 23.5 Å². The number of amides is 3. The van der Waals surface area contributed by atoms with Gasteiger partial charge in [0, 0.05) is 24.4 Å². The predicted molar refractivity (Wildman–Crippen MR) is 130 cm³/mol. The molecule has 4 rings (SSSR count). The van der Waals surface area contributed by atoms with Crippen molar-refractivity contribution < 1.29 is 32.3 Å². The summed E-state index contributed by atoms with van der Waals surface area (Å²) in [7, 11) is 0. The number of rotatable bonds is 7. The molecule has 0 radical (unpaired) electrons. The van der Waals surface area contributed by atoms with Gasteiger partial charge in [0.1, 0.15) is 12.1 Å². The molecular formula is C27H37F3N4O4. The predicted octanol–water partition coefficient (Wildman–Crippen LogP) is 3.40. The van der Waals surface area contributed by atoms with Crippen molar-refractivity contribution in [3.8, 4) is 6.07 Å². The summed E-state index contributed by atoms with van der Waals surface area (Å²) < 4.78 is 39.2. The smallest absolute Gasteiger partial charge is 0.350 e. The summed E-state index contributed by atoms with van der Waals surface area (Å²) >= 11 is 0. The Balaban J connectivity index is 1.48. The molecule has 2 heterocycles. The van der Waals surface area contributed by atoms with Crippen LogP contribution in [0.25, 0.3) is 0 Å². The number of hydrogen-bond acceptors (Lipinski definition) is 5. The topological polar surface area (TPSA) is 119 Å². The Kier molecular flexibility index (Phi) is 7.34. The van der Waals surface area contributed by atoms with Crippen molar-refractivity contribution in [2.75, 3.05) is 6.54 Å². The van der Waals surface area contributed by atoms with Gasteiger partial charge in [0.15, 0.2) is 0 Å². The maximum atomic E-state index is 13.7. The Morgan fingerprint density at radius 1 is 1.16 bits per heavy atom. The van der Waals surface area contributed by atoms with Gasteiger partial charge in [-0.15, -0.1) is 0 Å².